The average molecular weight is 317 g/mol. The van der Waals surface area contributed by atoms with Crippen LogP contribution >= 0.6 is 24.4 Å². The molecule has 108 valence electrons. The number of aromatic amines is 1. The minimum atomic E-state index is 0.877. The van der Waals surface area contributed by atoms with E-state index >= 15 is 0 Å². The molecule has 0 aliphatic carbocycles. The summed E-state index contributed by atoms with van der Waals surface area (Å²) in [4.78, 5) is 4.04. The van der Waals surface area contributed by atoms with Crippen LogP contribution in [0.3, 0.4) is 0 Å². The lowest BCUT2D eigenvalue weighted by molar-refractivity contribution is 0.856. The first-order valence-corrected chi connectivity index (χ1v) is 8.24. The molecule has 3 aromatic rings. The third kappa shape index (κ3) is 3.14. The van der Waals surface area contributed by atoms with Crippen molar-refractivity contribution < 1.29 is 0 Å². The summed E-state index contributed by atoms with van der Waals surface area (Å²) in [5.74, 6) is 1.85. The number of aromatic nitrogens is 5. The second-order valence-electron chi connectivity index (χ2n) is 4.38. The highest BCUT2D eigenvalue weighted by Gasteiger charge is 2.17. The normalized spacial score (nSPS) is 10.9. The molecule has 21 heavy (non-hydrogen) atoms. The molecule has 0 bridgehead atoms. The molecule has 0 aliphatic rings. The quantitative estimate of drug-likeness (QED) is 0.417. The van der Waals surface area contributed by atoms with Crippen LogP contribution in [0.4, 0.5) is 0 Å². The molecule has 0 aliphatic heterocycles. The van der Waals surface area contributed by atoms with Crippen molar-refractivity contribution in [1.29, 1.82) is 0 Å². The fourth-order valence-electron chi connectivity index (χ4n) is 2.00. The summed E-state index contributed by atoms with van der Waals surface area (Å²) in [7, 11) is 0. The number of hydrogen-bond acceptors (Lipinski definition) is 5. The molecule has 3 rings (SSSR count). The van der Waals surface area contributed by atoms with Gasteiger partial charge in [-0.15, -0.1) is 11.8 Å². The molecule has 0 fully saturated rings. The van der Waals surface area contributed by atoms with Crippen LogP contribution in [-0.2, 0) is 0 Å². The van der Waals surface area contributed by atoms with Crippen molar-refractivity contribution in [2.24, 2.45) is 0 Å². The van der Waals surface area contributed by atoms with Crippen molar-refractivity contribution in [2.45, 2.75) is 11.4 Å². The summed E-state index contributed by atoms with van der Waals surface area (Å²) in [6.07, 6.45) is 4.27. The summed E-state index contributed by atoms with van der Waals surface area (Å²) >= 11 is 5.95. The molecule has 0 saturated carbocycles. The Morgan fingerprint density at radius 2 is 2.10 bits per heavy atom. The van der Waals surface area contributed by atoms with Gasteiger partial charge in [0.05, 0.1) is 5.69 Å². The maximum absolute atomic E-state index is 4.44. The molecule has 2 aromatic heterocycles. The van der Waals surface area contributed by atoms with Gasteiger partial charge in [0, 0.05) is 11.3 Å². The minimum absolute atomic E-state index is 0.877. The second-order valence-corrected chi connectivity index (χ2v) is 5.91. The van der Waals surface area contributed by atoms with Gasteiger partial charge in [0.25, 0.3) is 0 Å². The Morgan fingerprint density at radius 3 is 2.81 bits per heavy atom. The largest absolute Gasteiger partial charge is 0.274 e. The zero-order valence-electron chi connectivity index (χ0n) is 11.3. The molecule has 0 unspecified atom stereocenters. The van der Waals surface area contributed by atoms with Gasteiger partial charge in [-0.25, -0.2) is 9.67 Å². The summed E-state index contributed by atoms with van der Waals surface area (Å²) < 4.78 is 1.76. The van der Waals surface area contributed by atoms with Gasteiger partial charge >= 0.3 is 0 Å². The van der Waals surface area contributed by atoms with Crippen LogP contribution in [0.5, 0.6) is 0 Å². The number of thiol groups is 1. The molecule has 5 nitrogen and oxygen atoms in total. The molecular formula is C14H15N5S2. The Kier molecular flexibility index (Phi) is 4.62. The van der Waals surface area contributed by atoms with E-state index in [9.17, 15) is 0 Å². The Labute approximate surface area is 132 Å². The van der Waals surface area contributed by atoms with Gasteiger partial charge in [-0.05, 0) is 12.2 Å². The number of hydrogen-bond donors (Lipinski definition) is 2. The van der Waals surface area contributed by atoms with Gasteiger partial charge in [0.15, 0.2) is 0 Å². The maximum atomic E-state index is 4.44. The molecule has 1 aromatic carbocycles. The monoisotopic (exact) mass is 317 g/mol. The first-order valence-electron chi connectivity index (χ1n) is 6.62. The molecule has 0 amide bonds. The Balaban J connectivity index is 2.01. The van der Waals surface area contributed by atoms with Gasteiger partial charge in [-0.2, -0.15) is 22.8 Å². The first kappa shape index (κ1) is 14.2. The standard InChI is InChI=1S/C14H15N5S2/c20-7-4-8-21-14-13(19-10-15-9-16-19)12(17-18-14)11-5-2-1-3-6-11/h1-3,5-6,9-10,20H,4,7-8H2,(H,17,18). The average Bonchev–Trinajstić information content (AvgIpc) is 3.17. The van der Waals surface area contributed by atoms with E-state index in [4.69, 9.17) is 0 Å². The number of nitrogens with zero attached hydrogens (tertiary/aromatic N) is 4. The number of rotatable bonds is 6. The van der Waals surface area contributed by atoms with Crippen molar-refractivity contribution in [3.05, 3.63) is 43.0 Å². The van der Waals surface area contributed by atoms with Gasteiger partial charge in [-0.1, -0.05) is 30.3 Å². The Morgan fingerprint density at radius 1 is 1.24 bits per heavy atom. The van der Waals surface area contributed by atoms with Crippen LogP contribution < -0.4 is 0 Å². The third-order valence-electron chi connectivity index (χ3n) is 2.96. The fourth-order valence-corrected chi connectivity index (χ4v) is 3.29. The predicted molar refractivity (Wildman–Crippen MR) is 88.1 cm³/mol. The molecule has 0 radical (unpaired) electrons. The second kappa shape index (κ2) is 6.82. The fraction of sp³-hybridized carbons (Fsp3) is 0.214. The SMILES string of the molecule is SCCCSc1n[nH]c(-c2ccccc2)c1-n1cncn1. The number of benzene rings is 1. The van der Waals surface area contributed by atoms with Crippen LogP contribution in [0.25, 0.3) is 16.9 Å². The van der Waals surface area contributed by atoms with Crippen LogP contribution in [0.2, 0.25) is 0 Å². The highest BCUT2D eigenvalue weighted by atomic mass is 32.2. The maximum Gasteiger partial charge on any atom is 0.144 e. The van der Waals surface area contributed by atoms with Gasteiger partial charge in [0.1, 0.15) is 23.4 Å². The zero-order valence-corrected chi connectivity index (χ0v) is 13.0. The lowest BCUT2D eigenvalue weighted by Crippen LogP contribution is -1.97. The number of thioether (sulfide) groups is 1. The van der Waals surface area contributed by atoms with Crippen molar-refractivity contribution in [3.63, 3.8) is 0 Å². The smallest absolute Gasteiger partial charge is 0.144 e. The van der Waals surface area contributed by atoms with E-state index in [0.717, 1.165) is 39.9 Å². The van der Waals surface area contributed by atoms with Crippen molar-refractivity contribution in [1.82, 2.24) is 25.0 Å². The minimum Gasteiger partial charge on any atom is -0.274 e. The zero-order chi connectivity index (χ0) is 14.5. The van der Waals surface area contributed by atoms with Crippen LogP contribution in [0, 0.1) is 0 Å². The Hall–Kier alpha value is -1.73. The topological polar surface area (TPSA) is 59.4 Å². The van der Waals surface area contributed by atoms with Gasteiger partial charge < -0.3 is 0 Å². The molecule has 7 heteroatoms. The van der Waals surface area contributed by atoms with Gasteiger partial charge in [-0.3, -0.25) is 5.10 Å². The lowest BCUT2D eigenvalue weighted by Gasteiger charge is -2.05. The van der Waals surface area contributed by atoms with Crippen LogP contribution in [0.1, 0.15) is 6.42 Å². The van der Waals surface area contributed by atoms with E-state index in [1.165, 1.54) is 6.33 Å². The van der Waals surface area contributed by atoms with E-state index in [0.29, 0.717) is 0 Å². The predicted octanol–water partition coefficient (Wildman–Crippen LogP) is 3.07. The molecular weight excluding hydrogens is 302 g/mol. The van der Waals surface area contributed by atoms with E-state index in [-0.39, 0.29) is 0 Å². The summed E-state index contributed by atoms with van der Waals surface area (Å²) in [6, 6.07) is 10.1. The van der Waals surface area contributed by atoms with Crippen molar-refractivity contribution >= 4 is 24.4 Å². The van der Waals surface area contributed by atoms with Gasteiger partial charge in [0.2, 0.25) is 0 Å². The van der Waals surface area contributed by atoms with E-state index in [2.05, 4.69) is 45.0 Å². The number of nitrogens with one attached hydrogen (secondary N) is 1. The van der Waals surface area contributed by atoms with Crippen LogP contribution in [-0.4, -0.2) is 36.5 Å². The Bertz CT molecular complexity index is 679. The lowest BCUT2D eigenvalue weighted by atomic mass is 10.1. The molecule has 2 heterocycles. The van der Waals surface area contributed by atoms with E-state index in [1.807, 2.05) is 18.2 Å². The molecule has 1 N–H and O–H groups in total. The van der Waals surface area contributed by atoms with Crippen LogP contribution in [0.15, 0.2) is 48.0 Å². The summed E-state index contributed by atoms with van der Waals surface area (Å²) in [6.45, 7) is 0. The van der Waals surface area contributed by atoms with E-state index < -0.39 is 0 Å². The first-order chi connectivity index (χ1) is 10.4. The van der Waals surface area contributed by atoms with E-state index in [1.54, 1.807) is 22.8 Å². The molecule has 0 saturated heterocycles. The molecule has 0 spiro atoms. The summed E-state index contributed by atoms with van der Waals surface area (Å²) in [5, 5.41) is 12.8. The number of H-pyrrole nitrogens is 1. The molecule has 0 atom stereocenters. The van der Waals surface area contributed by atoms with Crippen molar-refractivity contribution in [3.8, 4) is 16.9 Å². The third-order valence-corrected chi connectivity index (χ3v) is 4.33. The highest BCUT2D eigenvalue weighted by Crippen LogP contribution is 2.32. The highest BCUT2D eigenvalue weighted by molar-refractivity contribution is 7.99. The van der Waals surface area contributed by atoms with Crippen molar-refractivity contribution in [2.75, 3.05) is 11.5 Å². The summed E-state index contributed by atoms with van der Waals surface area (Å²) in [5.41, 5.74) is 2.98.